The summed E-state index contributed by atoms with van der Waals surface area (Å²) in [4.78, 5) is 12.1. The fourth-order valence-corrected chi connectivity index (χ4v) is 2.95. The maximum atomic E-state index is 12.1. The van der Waals surface area contributed by atoms with E-state index in [-0.39, 0.29) is 17.7 Å². The minimum absolute atomic E-state index is 0.0827. The lowest BCUT2D eigenvalue weighted by Crippen LogP contribution is -2.32. The Morgan fingerprint density at radius 3 is 2.26 bits per heavy atom. The fourth-order valence-electron chi connectivity index (χ4n) is 2.95. The first-order valence-corrected chi connectivity index (χ1v) is 8.21. The van der Waals surface area contributed by atoms with Gasteiger partial charge in [0, 0.05) is 6.54 Å². The predicted molar refractivity (Wildman–Crippen MR) is 90.8 cm³/mol. The van der Waals surface area contributed by atoms with Gasteiger partial charge in [-0.15, -0.1) is 0 Å². The van der Waals surface area contributed by atoms with Crippen LogP contribution in [-0.2, 0) is 11.2 Å². The molecular formula is C20H23NO2. The van der Waals surface area contributed by atoms with E-state index in [4.69, 9.17) is 0 Å². The Morgan fingerprint density at radius 2 is 1.65 bits per heavy atom. The van der Waals surface area contributed by atoms with E-state index in [0.717, 1.165) is 24.8 Å². The van der Waals surface area contributed by atoms with Crippen LogP contribution in [0.1, 0.15) is 36.5 Å². The third-order valence-electron chi connectivity index (χ3n) is 4.60. The smallest absolute Gasteiger partial charge is 0.222 e. The molecule has 0 spiro atoms. The molecule has 0 radical (unpaired) electrons. The van der Waals surface area contributed by atoms with Crippen LogP contribution in [0.5, 0.6) is 0 Å². The fraction of sp³-hybridized carbons (Fsp3) is 0.350. The van der Waals surface area contributed by atoms with Gasteiger partial charge in [0.25, 0.3) is 0 Å². The summed E-state index contributed by atoms with van der Waals surface area (Å²) >= 11 is 0. The van der Waals surface area contributed by atoms with Crippen molar-refractivity contribution in [2.75, 3.05) is 6.54 Å². The number of hydrogen-bond acceptors (Lipinski definition) is 2. The molecule has 3 rings (SSSR count). The van der Waals surface area contributed by atoms with Crippen LogP contribution in [0.2, 0.25) is 0 Å². The van der Waals surface area contributed by atoms with E-state index in [1.165, 1.54) is 5.56 Å². The quantitative estimate of drug-likeness (QED) is 0.825. The Kier molecular flexibility index (Phi) is 4.77. The molecule has 2 aromatic carbocycles. The SMILES string of the molecule is O=C(CC(O)c1ccccc1)NCC1(Cc2ccccc2)CC1. The molecule has 3 heteroatoms. The van der Waals surface area contributed by atoms with E-state index in [1.54, 1.807) is 0 Å². The van der Waals surface area contributed by atoms with Gasteiger partial charge >= 0.3 is 0 Å². The number of carbonyl (C=O) groups excluding carboxylic acids is 1. The second kappa shape index (κ2) is 6.97. The number of rotatable bonds is 7. The Morgan fingerprint density at radius 1 is 1.04 bits per heavy atom. The number of aliphatic hydroxyl groups excluding tert-OH is 1. The average molecular weight is 309 g/mol. The molecule has 120 valence electrons. The normalized spacial score (nSPS) is 16.6. The van der Waals surface area contributed by atoms with Crippen molar-refractivity contribution < 1.29 is 9.90 Å². The predicted octanol–water partition coefficient (Wildman–Crippen LogP) is 3.25. The molecule has 2 N–H and O–H groups in total. The van der Waals surface area contributed by atoms with Crippen molar-refractivity contribution >= 4 is 5.91 Å². The second-order valence-corrected chi connectivity index (χ2v) is 6.57. The summed E-state index contributed by atoms with van der Waals surface area (Å²) in [7, 11) is 0. The zero-order valence-electron chi connectivity index (χ0n) is 13.2. The van der Waals surface area contributed by atoms with E-state index in [0.29, 0.717) is 6.54 Å². The topological polar surface area (TPSA) is 49.3 Å². The van der Waals surface area contributed by atoms with Crippen LogP contribution in [-0.4, -0.2) is 17.6 Å². The number of carbonyl (C=O) groups is 1. The van der Waals surface area contributed by atoms with Crippen LogP contribution in [0.4, 0.5) is 0 Å². The van der Waals surface area contributed by atoms with Gasteiger partial charge in [0.05, 0.1) is 12.5 Å². The Hall–Kier alpha value is -2.13. The van der Waals surface area contributed by atoms with Gasteiger partial charge in [0.2, 0.25) is 5.91 Å². The van der Waals surface area contributed by atoms with Crippen molar-refractivity contribution in [1.82, 2.24) is 5.32 Å². The lowest BCUT2D eigenvalue weighted by Gasteiger charge is -2.17. The number of benzene rings is 2. The van der Waals surface area contributed by atoms with Crippen LogP contribution < -0.4 is 5.32 Å². The lowest BCUT2D eigenvalue weighted by atomic mass is 9.96. The highest BCUT2D eigenvalue weighted by Crippen LogP contribution is 2.47. The third kappa shape index (κ3) is 4.42. The summed E-state index contributed by atoms with van der Waals surface area (Å²) < 4.78 is 0. The van der Waals surface area contributed by atoms with Crippen LogP contribution in [0.25, 0.3) is 0 Å². The minimum Gasteiger partial charge on any atom is -0.388 e. The van der Waals surface area contributed by atoms with E-state index < -0.39 is 6.10 Å². The highest BCUT2D eigenvalue weighted by Gasteiger charge is 2.42. The maximum absolute atomic E-state index is 12.1. The molecule has 0 aromatic heterocycles. The minimum atomic E-state index is -0.736. The summed E-state index contributed by atoms with van der Waals surface area (Å²) in [6.45, 7) is 0.697. The van der Waals surface area contributed by atoms with E-state index in [1.807, 2.05) is 36.4 Å². The standard InChI is InChI=1S/C20H23NO2/c22-18(17-9-5-2-6-10-17)13-19(23)21-15-20(11-12-20)14-16-7-3-1-4-8-16/h1-10,18,22H,11-15H2,(H,21,23). The molecule has 1 fully saturated rings. The van der Waals surface area contributed by atoms with Gasteiger partial charge in [-0.3, -0.25) is 4.79 Å². The summed E-state index contributed by atoms with van der Waals surface area (Å²) in [6, 6.07) is 19.7. The zero-order valence-corrected chi connectivity index (χ0v) is 13.2. The number of hydrogen-bond donors (Lipinski definition) is 2. The number of amides is 1. The van der Waals surface area contributed by atoms with Gasteiger partial charge in [-0.1, -0.05) is 60.7 Å². The molecule has 1 saturated carbocycles. The molecule has 0 saturated heterocycles. The van der Waals surface area contributed by atoms with Gasteiger partial charge in [-0.25, -0.2) is 0 Å². The van der Waals surface area contributed by atoms with Crippen LogP contribution in [0.15, 0.2) is 60.7 Å². The molecular weight excluding hydrogens is 286 g/mol. The Labute approximate surface area is 137 Å². The molecule has 2 aromatic rings. The van der Waals surface area contributed by atoms with Gasteiger partial charge < -0.3 is 10.4 Å². The maximum Gasteiger partial charge on any atom is 0.222 e. The second-order valence-electron chi connectivity index (χ2n) is 6.57. The monoisotopic (exact) mass is 309 g/mol. The largest absolute Gasteiger partial charge is 0.388 e. The van der Waals surface area contributed by atoms with Crippen molar-refractivity contribution in [1.29, 1.82) is 0 Å². The van der Waals surface area contributed by atoms with Gasteiger partial charge in [0.15, 0.2) is 0 Å². The molecule has 1 amide bonds. The van der Waals surface area contributed by atoms with Crippen molar-refractivity contribution in [3.8, 4) is 0 Å². The van der Waals surface area contributed by atoms with Crippen molar-refractivity contribution in [3.05, 3.63) is 71.8 Å². The molecule has 3 nitrogen and oxygen atoms in total. The average Bonchev–Trinajstić information content (AvgIpc) is 3.35. The third-order valence-corrected chi connectivity index (χ3v) is 4.60. The first-order valence-electron chi connectivity index (χ1n) is 8.21. The summed E-state index contributed by atoms with van der Waals surface area (Å²) in [5, 5.41) is 13.1. The zero-order chi connectivity index (χ0) is 16.1. The summed E-state index contributed by atoms with van der Waals surface area (Å²) in [5.41, 5.74) is 2.32. The van der Waals surface area contributed by atoms with Crippen molar-refractivity contribution in [2.24, 2.45) is 5.41 Å². The highest BCUT2D eigenvalue weighted by atomic mass is 16.3. The molecule has 23 heavy (non-hydrogen) atoms. The van der Waals surface area contributed by atoms with Gasteiger partial charge in [0.1, 0.15) is 0 Å². The van der Waals surface area contributed by atoms with E-state index >= 15 is 0 Å². The Bertz CT molecular complexity index is 635. The molecule has 0 heterocycles. The van der Waals surface area contributed by atoms with Crippen LogP contribution in [0.3, 0.4) is 0 Å². The van der Waals surface area contributed by atoms with E-state index in [9.17, 15) is 9.90 Å². The van der Waals surface area contributed by atoms with Gasteiger partial charge in [-0.05, 0) is 35.8 Å². The first-order chi connectivity index (χ1) is 11.2. The number of aliphatic hydroxyl groups is 1. The van der Waals surface area contributed by atoms with E-state index in [2.05, 4.69) is 29.6 Å². The Balaban J connectivity index is 1.47. The first kappa shape index (κ1) is 15.8. The summed E-state index contributed by atoms with van der Waals surface area (Å²) in [5.74, 6) is -0.0827. The molecule has 0 bridgehead atoms. The molecule has 1 aliphatic carbocycles. The lowest BCUT2D eigenvalue weighted by molar-refractivity contribution is -0.123. The summed E-state index contributed by atoms with van der Waals surface area (Å²) in [6.07, 6.45) is 2.70. The van der Waals surface area contributed by atoms with Crippen molar-refractivity contribution in [2.45, 2.75) is 31.8 Å². The van der Waals surface area contributed by atoms with Crippen LogP contribution >= 0.6 is 0 Å². The molecule has 1 aliphatic rings. The van der Waals surface area contributed by atoms with Gasteiger partial charge in [-0.2, -0.15) is 0 Å². The van der Waals surface area contributed by atoms with Crippen molar-refractivity contribution in [3.63, 3.8) is 0 Å². The molecule has 0 aliphatic heterocycles. The molecule has 1 atom stereocenters. The molecule has 1 unspecified atom stereocenters. The van der Waals surface area contributed by atoms with Crippen LogP contribution in [0, 0.1) is 5.41 Å². The number of nitrogens with one attached hydrogen (secondary N) is 1. The highest BCUT2D eigenvalue weighted by molar-refractivity contribution is 5.76.